The molecule has 0 aliphatic rings. The molecule has 0 aliphatic carbocycles. The molecule has 0 fully saturated rings. The molecule has 0 aliphatic heterocycles. The van der Waals surface area contributed by atoms with Gasteiger partial charge in [-0.05, 0) is 54.4 Å². The number of hydrogen-bond acceptors (Lipinski definition) is 5. The largest absolute Gasteiger partial charge is 0.355 e. The molecule has 0 aromatic carbocycles. The Labute approximate surface area is 146 Å². The molecule has 0 radical (unpaired) electrons. The molecule has 1 N–H and O–H groups in total. The van der Waals surface area contributed by atoms with Crippen LogP contribution in [0.15, 0.2) is 22.0 Å². The number of carbonyl (C=O) groups excluding carboxylic acids is 1. The van der Waals surface area contributed by atoms with Crippen LogP contribution in [-0.4, -0.2) is 32.0 Å². The van der Waals surface area contributed by atoms with Gasteiger partial charge in [0.25, 0.3) is 5.78 Å². The van der Waals surface area contributed by atoms with Crippen LogP contribution in [0.25, 0.3) is 5.78 Å². The van der Waals surface area contributed by atoms with Crippen molar-refractivity contribution in [3.05, 3.63) is 44.1 Å². The quantitative estimate of drug-likeness (QED) is 0.722. The van der Waals surface area contributed by atoms with Crippen molar-refractivity contribution in [1.82, 2.24) is 24.9 Å². The predicted octanol–water partition coefficient (Wildman–Crippen LogP) is 2.47. The van der Waals surface area contributed by atoms with E-state index in [0.29, 0.717) is 18.1 Å². The molecule has 6 nitrogen and oxygen atoms in total. The van der Waals surface area contributed by atoms with Gasteiger partial charge in [0, 0.05) is 22.8 Å². The highest BCUT2D eigenvalue weighted by Crippen LogP contribution is 2.22. The van der Waals surface area contributed by atoms with E-state index in [1.54, 1.807) is 15.9 Å². The van der Waals surface area contributed by atoms with Gasteiger partial charge in [-0.15, -0.1) is 16.4 Å². The Kier molecular flexibility index (Phi) is 4.72. The van der Waals surface area contributed by atoms with E-state index in [0.717, 1.165) is 21.6 Å². The Morgan fingerprint density at radius 3 is 2.91 bits per heavy atom. The number of thiophene rings is 1. The molecule has 0 saturated carbocycles. The summed E-state index contributed by atoms with van der Waals surface area (Å²) in [7, 11) is 0. The van der Waals surface area contributed by atoms with Crippen LogP contribution in [0.1, 0.15) is 22.1 Å². The maximum atomic E-state index is 12.0. The molecule has 0 atom stereocenters. The van der Waals surface area contributed by atoms with Crippen molar-refractivity contribution in [3.8, 4) is 0 Å². The van der Waals surface area contributed by atoms with E-state index in [9.17, 15) is 4.79 Å². The van der Waals surface area contributed by atoms with Crippen molar-refractivity contribution in [2.75, 3.05) is 6.54 Å². The summed E-state index contributed by atoms with van der Waals surface area (Å²) < 4.78 is 2.77. The van der Waals surface area contributed by atoms with Gasteiger partial charge in [0.1, 0.15) is 0 Å². The topological polar surface area (TPSA) is 72.2 Å². The molecule has 1 amide bonds. The van der Waals surface area contributed by atoms with Crippen LogP contribution >= 0.6 is 27.3 Å². The lowest BCUT2D eigenvalue weighted by molar-refractivity contribution is -0.120. The van der Waals surface area contributed by atoms with Gasteiger partial charge < -0.3 is 5.32 Å². The highest BCUT2D eigenvalue weighted by molar-refractivity contribution is 9.11. The summed E-state index contributed by atoms with van der Waals surface area (Å²) in [5.41, 5.74) is 1.84. The van der Waals surface area contributed by atoms with Gasteiger partial charge in [-0.25, -0.2) is 9.50 Å². The summed E-state index contributed by atoms with van der Waals surface area (Å²) in [6.45, 7) is 4.46. The third kappa shape index (κ3) is 3.94. The molecule has 0 bridgehead atoms. The average Bonchev–Trinajstić information content (AvgIpc) is 3.05. The van der Waals surface area contributed by atoms with Crippen LogP contribution in [0.5, 0.6) is 0 Å². The number of rotatable bonds is 5. The maximum Gasteiger partial charge on any atom is 0.252 e. The van der Waals surface area contributed by atoms with E-state index >= 15 is 0 Å². The minimum atomic E-state index is -0.0779. The summed E-state index contributed by atoms with van der Waals surface area (Å²) in [6.07, 6.45) is 0.983. The van der Waals surface area contributed by atoms with Crippen LogP contribution in [0.4, 0.5) is 0 Å². The molecule has 3 rings (SSSR count). The van der Waals surface area contributed by atoms with Gasteiger partial charge in [-0.2, -0.15) is 4.98 Å². The average molecular weight is 394 g/mol. The van der Waals surface area contributed by atoms with Gasteiger partial charge in [-0.3, -0.25) is 4.79 Å². The number of fused-ring (bicyclic) bond motifs is 1. The molecule has 0 spiro atoms. The summed E-state index contributed by atoms with van der Waals surface area (Å²) in [4.78, 5) is 21.9. The van der Waals surface area contributed by atoms with Crippen LogP contribution < -0.4 is 5.32 Å². The third-order valence-corrected chi connectivity index (χ3v) is 4.99. The van der Waals surface area contributed by atoms with Crippen molar-refractivity contribution < 1.29 is 4.79 Å². The van der Waals surface area contributed by atoms with Crippen molar-refractivity contribution in [1.29, 1.82) is 0 Å². The van der Waals surface area contributed by atoms with E-state index < -0.39 is 0 Å². The number of aromatic nitrogens is 4. The summed E-state index contributed by atoms with van der Waals surface area (Å²) in [5.74, 6) is 0.946. The van der Waals surface area contributed by atoms with Crippen LogP contribution in [0, 0.1) is 13.8 Å². The monoisotopic (exact) mass is 393 g/mol. The lowest BCUT2D eigenvalue weighted by Crippen LogP contribution is -2.27. The van der Waals surface area contributed by atoms with Crippen molar-refractivity contribution >= 4 is 39.0 Å². The normalized spacial score (nSPS) is 11.1. The molecule has 23 heavy (non-hydrogen) atoms. The molecule has 0 saturated heterocycles. The predicted molar refractivity (Wildman–Crippen MR) is 92.7 cm³/mol. The molecule has 3 aromatic heterocycles. The minimum Gasteiger partial charge on any atom is -0.355 e. The molecule has 0 unspecified atom stereocenters. The molecule has 8 heteroatoms. The van der Waals surface area contributed by atoms with Crippen molar-refractivity contribution in [3.63, 3.8) is 0 Å². The first-order valence-electron chi connectivity index (χ1n) is 7.22. The Bertz CT molecular complexity index is 857. The zero-order valence-corrected chi connectivity index (χ0v) is 15.2. The van der Waals surface area contributed by atoms with E-state index in [2.05, 4.69) is 42.4 Å². The fourth-order valence-electron chi connectivity index (χ4n) is 2.30. The van der Waals surface area contributed by atoms with Crippen LogP contribution in [0.2, 0.25) is 0 Å². The van der Waals surface area contributed by atoms with Gasteiger partial charge >= 0.3 is 0 Å². The van der Waals surface area contributed by atoms with Crippen molar-refractivity contribution in [2.24, 2.45) is 0 Å². The van der Waals surface area contributed by atoms with Gasteiger partial charge in [-0.1, -0.05) is 0 Å². The van der Waals surface area contributed by atoms with E-state index in [4.69, 9.17) is 0 Å². The smallest absolute Gasteiger partial charge is 0.252 e. The van der Waals surface area contributed by atoms with Gasteiger partial charge in [0.2, 0.25) is 5.91 Å². The Morgan fingerprint density at radius 1 is 1.35 bits per heavy atom. The lowest BCUT2D eigenvalue weighted by Gasteiger charge is -2.01. The molecule has 3 heterocycles. The fourth-order valence-corrected chi connectivity index (χ4v) is 3.78. The Hall–Kier alpha value is -1.80. The minimum absolute atomic E-state index is 0.0779. The highest BCUT2D eigenvalue weighted by Gasteiger charge is 2.11. The number of nitrogens with zero attached hydrogens (tertiary/aromatic N) is 4. The van der Waals surface area contributed by atoms with E-state index in [-0.39, 0.29) is 12.3 Å². The maximum absolute atomic E-state index is 12.0. The molecular weight excluding hydrogens is 378 g/mol. The number of carbonyl (C=O) groups is 1. The highest BCUT2D eigenvalue weighted by atomic mass is 79.9. The SMILES string of the molecule is Cc1cc(C)n2nc(CC(=O)NCCc3ccc(Br)s3)nc2n1. The van der Waals surface area contributed by atoms with Crippen LogP contribution in [-0.2, 0) is 17.6 Å². The van der Waals surface area contributed by atoms with Gasteiger partial charge in [0.05, 0.1) is 10.2 Å². The standard InChI is InChI=1S/C15H16BrN5OS/c1-9-7-10(2)21-15(18-9)19-13(20-21)8-14(22)17-6-5-11-3-4-12(16)23-11/h3-4,7H,5-6,8H2,1-2H3,(H,17,22). The number of aryl methyl sites for hydroxylation is 2. The lowest BCUT2D eigenvalue weighted by atomic mass is 10.3. The summed E-state index contributed by atoms with van der Waals surface area (Å²) in [5, 5.41) is 7.24. The van der Waals surface area contributed by atoms with E-state index in [1.165, 1.54) is 4.88 Å². The molecule has 120 valence electrons. The van der Waals surface area contributed by atoms with E-state index in [1.807, 2.05) is 26.0 Å². The second-order valence-electron chi connectivity index (χ2n) is 5.26. The third-order valence-electron chi connectivity index (χ3n) is 3.30. The molecular formula is C15H16BrN5OS. The zero-order chi connectivity index (χ0) is 16.4. The fraction of sp³-hybridized carbons (Fsp3) is 0.333. The van der Waals surface area contributed by atoms with Gasteiger partial charge in [0.15, 0.2) is 5.82 Å². The Balaban J connectivity index is 1.58. The number of nitrogens with one attached hydrogen (secondary N) is 1. The Morgan fingerprint density at radius 2 is 2.17 bits per heavy atom. The summed E-state index contributed by atoms with van der Waals surface area (Å²) in [6, 6.07) is 6.01. The first-order valence-corrected chi connectivity index (χ1v) is 8.83. The van der Waals surface area contributed by atoms with Crippen molar-refractivity contribution in [2.45, 2.75) is 26.7 Å². The summed E-state index contributed by atoms with van der Waals surface area (Å²) >= 11 is 5.11. The first kappa shape index (κ1) is 16.1. The number of hydrogen-bond donors (Lipinski definition) is 1. The molecule has 3 aromatic rings. The zero-order valence-electron chi connectivity index (χ0n) is 12.8. The first-order chi connectivity index (χ1) is 11.0. The number of halogens is 1. The second kappa shape index (κ2) is 6.76. The number of amides is 1. The second-order valence-corrected chi connectivity index (χ2v) is 7.81. The van der Waals surface area contributed by atoms with Crippen LogP contribution in [0.3, 0.4) is 0 Å².